The minimum atomic E-state index is -3.37. The fourth-order valence-electron chi connectivity index (χ4n) is 3.33. The van der Waals surface area contributed by atoms with Crippen LogP contribution in [0.3, 0.4) is 0 Å². The SMILES string of the molecule is [B][P+]1(OCOC(C)=O)OC[C@H](C)O[C@@H](n2cnc3c(NCc4ccccc4)ncnc32)[C@@H](O)CO1. The van der Waals surface area contributed by atoms with Gasteiger partial charge in [0.2, 0.25) is 6.79 Å². The lowest BCUT2D eigenvalue weighted by Gasteiger charge is -2.25. The van der Waals surface area contributed by atoms with Crippen molar-refractivity contribution in [3.05, 3.63) is 48.5 Å². The minimum absolute atomic E-state index is 0.0130. The Morgan fingerprint density at radius 2 is 2.03 bits per heavy atom. The topological polar surface area (TPSA) is 139 Å². The number of aliphatic hydroxyl groups is 1. The van der Waals surface area contributed by atoms with Crippen molar-refractivity contribution in [1.29, 1.82) is 0 Å². The zero-order valence-electron chi connectivity index (χ0n) is 19.3. The van der Waals surface area contributed by atoms with E-state index in [1.807, 2.05) is 30.3 Å². The van der Waals surface area contributed by atoms with Crippen LogP contribution in [0.5, 0.6) is 0 Å². The van der Waals surface area contributed by atoms with Crippen LogP contribution in [0, 0.1) is 0 Å². The maximum Gasteiger partial charge on any atom is 0.488 e. The van der Waals surface area contributed by atoms with Crippen molar-refractivity contribution >= 4 is 38.3 Å². The molecular formula is C21H26BN5O7P+. The molecule has 2 aromatic heterocycles. The lowest BCUT2D eigenvalue weighted by molar-refractivity contribution is -0.148. The summed E-state index contributed by atoms with van der Waals surface area (Å²) in [5.41, 5.74) is 2.07. The first-order valence-electron chi connectivity index (χ1n) is 10.9. The fourth-order valence-corrected chi connectivity index (χ4v) is 4.54. The predicted octanol–water partition coefficient (Wildman–Crippen LogP) is 2.13. The van der Waals surface area contributed by atoms with Crippen LogP contribution in [0.15, 0.2) is 43.0 Å². The molecule has 35 heavy (non-hydrogen) atoms. The maximum atomic E-state index is 11.0. The van der Waals surface area contributed by atoms with Crippen LogP contribution in [0.1, 0.15) is 25.6 Å². The van der Waals surface area contributed by atoms with E-state index in [-0.39, 0.29) is 13.2 Å². The Bertz CT molecular complexity index is 1140. The van der Waals surface area contributed by atoms with Crippen LogP contribution in [0.4, 0.5) is 5.82 Å². The van der Waals surface area contributed by atoms with Gasteiger partial charge in [0, 0.05) is 13.5 Å². The lowest BCUT2D eigenvalue weighted by Crippen LogP contribution is -2.32. The molecule has 0 aliphatic carbocycles. The van der Waals surface area contributed by atoms with Crippen LogP contribution < -0.4 is 5.32 Å². The first-order valence-corrected chi connectivity index (χ1v) is 12.5. The molecule has 1 aromatic carbocycles. The number of carbonyl (C=O) groups is 1. The third-order valence-electron chi connectivity index (χ3n) is 5.05. The van der Waals surface area contributed by atoms with E-state index in [4.69, 9.17) is 30.6 Å². The van der Waals surface area contributed by atoms with Gasteiger partial charge in [-0.25, -0.2) is 15.0 Å². The van der Waals surface area contributed by atoms with Gasteiger partial charge >= 0.3 is 21.4 Å². The summed E-state index contributed by atoms with van der Waals surface area (Å²) in [5.74, 6) is 0.0119. The van der Waals surface area contributed by atoms with Crippen LogP contribution in [-0.4, -0.2) is 70.4 Å². The molecule has 1 fully saturated rings. The summed E-state index contributed by atoms with van der Waals surface area (Å²) in [7, 11) is 2.73. The molecule has 3 heterocycles. The Kier molecular flexibility index (Phi) is 8.27. The molecule has 0 bridgehead atoms. The maximum absolute atomic E-state index is 11.0. The first-order chi connectivity index (χ1) is 16.8. The number of esters is 1. The van der Waals surface area contributed by atoms with Gasteiger partial charge < -0.3 is 19.9 Å². The number of benzene rings is 1. The van der Waals surface area contributed by atoms with Crippen molar-refractivity contribution in [2.75, 3.05) is 25.3 Å². The number of anilines is 1. The molecule has 14 heteroatoms. The molecule has 0 amide bonds. The highest BCUT2D eigenvalue weighted by Gasteiger charge is 2.44. The molecule has 4 atom stereocenters. The third kappa shape index (κ3) is 6.51. The number of aromatic nitrogens is 4. The van der Waals surface area contributed by atoms with E-state index in [2.05, 4.69) is 20.3 Å². The summed E-state index contributed by atoms with van der Waals surface area (Å²) in [4.78, 5) is 24.1. The van der Waals surface area contributed by atoms with Gasteiger partial charge in [0.25, 0.3) is 0 Å². The number of fused-ring (bicyclic) bond motifs is 1. The zero-order chi connectivity index (χ0) is 24.8. The molecule has 184 valence electrons. The predicted molar refractivity (Wildman–Crippen MR) is 127 cm³/mol. The summed E-state index contributed by atoms with van der Waals surface area (Å²) in [6.07, 6.45) is 0.348. The lowest BCUT2D eigenvalue weighted by atomic mass is 10.2. The molecule has 1 unspecified atom stereocenters. The summed E-state index contributed by atoms with van der Waals surface area (Å²) in [5, 5.41) is 14.2. The molecule has 1 aliphatic rings. The van der Waals surface area contributed by atoms with Crippen molar-refractivity contribution < 1.29 is 32.9 Å². The highest BCUT2D eigenvalue weighted by atomic mass is 31.2. The Labute approximate surface area is 203 Å². The minimum Gasteiger partial charge on any atom is -0.434 e. The monoisotopic (exact) mass is 502 g/mol. The third-order valence-corrected chi connectivity index (χ3v) is 6.53. The molecule has 0 spiro atoms. The van der Waals surface area contributed by atoms with Crippen molar-refractivity contribution in [2.24, 2.45) is 0 Å². The average Bonchev–Trinajstić information content (AvgIpc) is 3.29. The van der Waals surface area contributed by atoms with Gasteiger partial charge in [-0.3, -0.25) is 9.36 Å². The molecule has 1 aliphatic heterocycles. The van der Waals surface area contributed by atoms with Crippen molar-refractivity contribution in [3.8, 4) is 0 Å². The summed E-state index contributed by atoms with van der Waals surface area (Å²) in [6, 6.07) is 9.89. The Morgan fingerprint density at radius 1 is 1.26 bits per heavy atom. The molecule has 3 aromatic rings. The van der Waals surface area contributed by atoms with Crippen molar-refractivity contribution in [2.45, 2.75) is 38.8 Å². The molecular weight excluding hydrogens is 476 g/mol. The van der Waals surface area contributed by atoms with Crippen LogP contribution in [-0.2, 0) is 34.4 Å². The largest absolute Gasteiger partial charge is 0.488 e. The van der Waals surface area contributed by atoms with Crippen molar-refractivity contribution in [3.63, 3.8) is 0 Å². The highest BCUT2D eigenvalue weighted by molar-refractivity contribution is 7.85. The van der Waals surface area contributed by atoms with Gasteiger partial charge in [-0.2, -0.15) is 13.6 Å². The first kappa shape index (κ1) is 25.4. The fraction of sp³-hybridized carbons (Fsp3) is 0.429. The number of aliphatic hydroxyl groups excluding tert-OH is 1. The number of nitrogens with zero attached hydrogens (tertiary/aromatic N) is 4. The average molecular weight is 502 g/mol. The Morgan fingerprint density at radius 3 is 2.80 bits per heavy atom. The van der Waals surface area contributed by atoms with E-state index >= 15 is 0 Å². The molecule has 2 N–H and O–H groups in total. The molecule has 12 nitrogen and oxygen atoms in total. The summed E-state index contributed by atoms with van der Waals surface area (Å²) in [6.45, 7) is 2.85. The number of ether oxygens (including phenoxy) is 2. The zero-order valence-corrected chi connectivity index (χ0v) is 20.2. The van der Waals surface area contributed by atoms with Gasteiger partial charge in [-0.15, -0.1) is 0 Å². The standard InChI is InChI=1S/C21H26BN5O7P/c1-14-9-31-35(22,33-13-30-15(2)28)32-10-17(29)21(34-14)27-12-26-18-19(24-11-25-20(18)27)23-8-16-6-4-3-5-7-16/h3-7,11-12,14,17,21,29H,8-10,13H2,1-2H3,(H,23,24,25)/q+1/t14-,17-,21+,35?/m0/s1. The number of rotatable bonds is 7. The van der Waals surface area contributed by atoms with E-state index < -0.39 is 39.0 Å². The van der Waals surface area contributed by atoms with E-state index in [1.54, 1.807) is 11.5 Å². The van der Waals surface area contributed by atoms with Crippen molar-refractivity contribution in [1.82, 2.24) is 19.5 Å². The Hall–Kier alpha value is -2.67. The number of nitrogens with one attached hydrogen (secondary N) is 1. The second kappa shape index (κ2) is 11.4. The highest BCUT2D eigenvalue weighted by Crippen LogP contribution is 2.58. The van der Waals surface area contributed by atoms with E-state index in [0.717, 1.165) is 5.56 Å². The van der Waals surface area contributed by atoms with Gasteiger partial charge in [0.1, 0.15) is 25.6 Å². The summed E-state index contributed by atoms with van der Waals surface area (Å²) >= 11 is 0. The molecule has 4 rings (SSSR count). The number of imidazole rings is 1. The quantitative estimate of drug-likeness (QED) is 0.213. The second-order valence-corrected chi connectivity index (χ2v) is 9.66. The Balaban J connectivity index is 1.52. The van der Waals surface area contributed by atoms with E-state index in [1.165, 1.54) is 19.6 Å². The number of carbonyl (C=O) groups excluding carboxylic acids is 1. The molecule has 2 radical (unpaired) electrons. The van der Waals surface area contributed by atoms with Gasteiger partial charge in [-0.1, -0.05) is 30.3 Å². The second-order valence-electron chi connectivity index (χ2n) is 7.80. The van der Waals surface area contributed by atoms with Crippen LogP contribution in [0.2, 0.25) is 0 Å². The van der Waals surface area contributed by atoms with Gasteiger partial charge in [0.05, 0.1) is 12.4 Å². The van der Waals surface area contributed by atoms with E-state index in [0.29, 0.717) is 23.5 Å². The van der Waals surface area contributed by atoms with Gasteiger partial charge in [-0.05, 0) is 12.5 Å². The van der Waals surface area contributed by atoms with Crippen LogP contribution in [0.25, 0.3) is 11.2 Å². The van der Waals surface area contributed by atoms with E-state index in [9.17, 15) is 9.90 Å². The smallest absolute Gasteiger partial charge is 0.434 e. The summed E-state index contributed by atoms with van der Waals surface area (Å²) < 4.78 is 28.9. The van der Waals surface area contributed by atoms with Gasteiger partial charge in [0.15, 0.2) is 23.2 Å². The normalized spacial score (nSPS) is 25.4. The number of hydrogen-bond acceptors (Lipinski definition) is 11. The molecule has 0 saturated carbocycles. The number of hydrogen-bond donors (Lipinski definition) is 2. The van der Waals surface area contributed by atoms with Crippen LogP contribution >= 0.6 is 7.82 Å². The molecule has 1 saturated heterocycles.